The largest absolute Gasteiger partial charge is 0.465 e. The molecule has 2 rings (SSSR count). The number of ketones is 1. The zero-order valence-electron chi connectivity index (χ0n) is 13.7. The van der Waals surface area contributed by atoms with Crippen molar-refractivity contribution in [3.63, 3.8) is 0 Å². The van der Waals surface area contributed by atoms with Crippen molar-refractivity contribution in [1.82, 2.24) is 0 Å². The first-order valence-corrected chi connectivity index (χ1v) is 7.63. The number of Topliss-reactive ketones (excluding diaryl/α,β-unsaturated/α-hetero) is 1. The fourth-order valence-electron chi connectivity index (χ4n) is 2.22. The maximum atomic E-state index is 11.9. The molecule has 0 bridgehead atoms. The molecule has 0 saturated heterocycles. The minimum absolute atomic E-state index is 0.0994. The minimum Gasteiger partial charge on any atom is -0.465 e. The van der Waals surface area contributed by atoms with Crippen LogP contribution >= 0.6 is 0 Å². The highest BCUT2D eigenvalue weighted by molar-refractivity contribution is 6.45. The number of methoxy groups -OCH3 is 1. The van der Waals surface area contributed by atoms with Gasteiger partial charge in [-0.1, -0.05) is 49.4 Å². The number of carbonyl (C=O) groups excluding carboxylic acids is 2. The summed E-state index contributed by atoms with van der Waals surface area (Å²) in [5.74, 6) is -0.766. The minimum atomic E-state index is -0.497. The molecule has 0 heterocycles. The van der Waals surface area contributed by atoms with Crippen LogP contribution in [-0.2, 0) is 9.53 Å². The number of rotatable bonds is 6. The van der Waals surface area contributed by atoms with Gasteiger partial charge < -0.3 is 4.74 Å². The summed E-state index contributed by atoms with van der Waals surface area (Å²) in [5.41, 5.74) is 2.37. The maximum absolute atomic E-state index is 11.9. The van der Waals surface area contributed by atoms with Gasteiger partial charge in [-0.15, -0.1) is 0 Å². The number of esters is 1. The average molecular weight is 321 g/mol. The normalized spacial score (nSPS) is 10.6. The van der Waals surface area contributed by atoms with E-state index < -0.39 is 5.97 Å². The van der Waals surface area contributed by atoms with Crippen molar-refractivity contribution < 1.29 is 14.3 Å². The lowest BCUT2D eigenvalue weighted by Gasteiger charge is -2.07. The Labute approximate surface area is 141 Å². The summed E-state index contributed by atoms with van der Waals surface area (Å²) < 4.78 is 4.76. The van der Waals surface area contributed by atoms with Crippen molar-refractivity contribution in [2.75, 3.05) is 7.11 Å². The summed E-state index contributed by atoms with van der Waals surface area (Å²) in [4.78, 5) is 23.6. The number of hydrogen-bond acceptors (Lipinski definition) is 4. The van der Waals surface area contributed by atoms with E-state index in [1.807, 2.05) is 42.5 Å². The van der Waals surface area contributed by atoms with Crippen LogP contribution < -0.4 is 0 Å². The van der Waals surface area contributed by atoms with Crippen LogP contribution in [0.2, 0.25) is 0 Å². The molecular weight excluding hydrogens is 302 g/mol. The second kappa shape index (κ2) is 8.02. The van der Waals surface area contributed by atoms with Gasteiger partial charge in [-0.2, -0.15) is 0 Å². The van der Waals surface area contributed by atoms with Crippen molar-refractivity contribution in [3.8, 4) is 0 Å². The summed E-state index contributed by atoms with van der Waals surface area (Å²) in [5, 5.41) is 8.00. The molecule has 1 N–H and O–H groups in total. The number of carbonyl (C=O) groups is 2. The highest BCUT2D eigenvalue weighted by atomic mass is 16.5. The summed E-state index contributed by atoms with van der Waals surface area (Å²) in [7, 11) is 1.30. The van der Waals surface area contributed by atoms with E-state index in [0.29, 0.717) is 11.1 Å². The van der Waals surface area contributed by atoms with Crippen LogP contribution in [0.4, 0.5) is 0 Å². The fraction of sp³-hybridized carbons (Fsp3) is 0.150. The quantitative estimate of drug-likeness (QED) is 0.497. The van der Waals surface area contributed by atoms with Gasteiger partial charge in [0.1, 0.15) is 5.71 Å². The lowest BCUT2D eigenvalue weighted by atomic mass is 9.98. The molecule has 0 fully saturated rings. The molecule has 0 atom stereocenters. The van der Waals surface area contributed by atoms with Crippen LogP contribution in [0.1, 0.15) is 40.4 Å². The number of nitrogens with one attached hydrogen (secondary N) is 1. The van der Waals surface area contributed by atoms with Crippen molar-refractivity contribution in [1.29, 1.82) is 5.41 Å². The predicted molar refractivity (Wildman–Crippen MR) is 95.3 cm³/mol. The third-order valence-electron chi connectivity index (χ3n) is 3.53. The summed E-state index contributed by atoms with van der Waals surface area (Å²) in [6, 6.07) is 14.7. The number of ether oxygens (including phenoxy) is 1. The first kappa shape index (κ1) is 17.3. The Morgan fingerprint density at radius 3 is 2.25 bits per heavy atom. The molecular formula is C20H19NO3. The van der Waals surface area contributed by atoms with Crippen molar-refractivity contribution in [2.45, 2.75) is 13.3 Å². The lowest BCUT2D eigenvalue weighted by molar-refractivity contribution is -0.112. The molecule has 0 aliphatic heterocycles. The molecule has 0 saturated carbocycles. The van der Waals surface area contributed by atoms with Gasteiger partial charge in [-0.25, -0.2) is 4.79 Å². The zero-order chi connectivity index (χ0) is 17.5. The standard InChI is InChI=1S/C20H19NO3/c1-3-18(22)19(21)16-11-15(12-17(13-16)20(23)24-2)10-9-14-7-5-4-6-8-14/h4-13,21H,3H2,1-2H3/b10-9+,21-19?. The van der Waals surface area contributed by atoms with Gasteiger partial charge in [0, 0.05) is 12.0 Å². The summed E-state index contributed by atoms with van der Waals surface area (Å²) >= 11 is 0. The molecule has 0 radical (unpaired) electrons. The lowest BCUT2D eigenvalue weighted by Crippen LogP contribution is -2.14. The Bertz CT molecular complexity index is 792. The monoisotopic (exact) mass is 321 g/mol. The average Bonchev–Trinajstić information content (AvgIpc) is 2.64. The second-order valence-corrected chi connectivity index (χ2v) is 5.23. The fourth-order valence-corrected chi connectivity index (χ4v) is 2.22. The van der Waals surface area contributed by atoms with Gasteiger partial charge >= 0.3 is 5.97 Å². The SMILES string of the molecule is CCC(=O)C(=N)c1cc(/C=C/c2ccccc2)cc(C(=O)OC)c1. The zero-order valence-corrected chi connectivity index (χ0v) is 13.7. The van der Waals surface area contributed by atoms with Gasteiger partial charge in [-0.05, 0) is 29.3 Å². The van der Waals surface area contributed by atoms with Gasteiger partial charge in [-0.3, -0.25) is 10.2 Å². The molecule has 4 heteroatoms. The van der Waals surface area contributed by atoms with E-state index in [1.54, 1.807) is 19.1 Å². The highest BCUT2D eigenvalue weighted by Crippen LogP contribution is 2.16. The third kappa shape index (κ3) is 4.26. The molecule has 0 aliphatic carbocycles. The topological polar surface area (TPSA) is 67.2 Å². The van der Waals surface area contributed by atoms with E-state index in [4.69, 9.17) is 10.1 Å². The van der Waals surface area contributed by atoms with Gasteiger partial charge in [0.25, 0.3) is 0 Å². The first-order valence-electron chi connectivity index (χ1n) is 7.63. The van der Waals surface area contributed by atoms with Gasteiger partial charge in [0.15, 0.2) is 5.78 Å². The maximum Gasteiger partial charge on any atom is 0.337 e. The van der Waals surface area contributed by atoms with Crippen LogP contribution in [0.5, 0.6) is 0 Å². The van der Waals surface area contributed by atoms with Crippen molar-refractivity contribution >= 4 is 29.6 Å². The van der Waals surface area contributed by atoms with Crippen molar-refractivity contribution in [2.24, 2.45) is 0 Å². The van der Waals surface area contributed by atoms with Gasteiger partial charge in [0.05, 0.1) is 12.7 Å². The molecule has 4 nitrogen and oxygen atoms in total. The Morgan fingerprint density at radius 2 is 1.62 bits per heavy atom. The van der Waals surface area contributed by atoms with E-state index in [-0.39, 0.29) is 17.9 Å². The van der Waals surface area contributed by atoms with E-state index in [1.165, 1.54) is 13.2 Å². The van der Waals surface area contributed by atoms with Crippen LogP contribution in [0.25, 0.3) is 12.2 Å². The molecule has 0 amide bonds. The smallest absolute Gasteiger partial charge is 0.337 e. The second-order valence-electron chi connectivity index (χ2n) is 5.23. The number of hydrogen-bond donors (Lipinski definition) is 1. The van der Waals surface area contributed by atoms with Crippen LogP contribution in [-0.4, -0.2) is 24.6 Å². The number of benzene rings is 2. The molecule has 0 spiro atoms. The predicted octanol–water partition coefficient (Wildman–Crippen LogP) is 3.99. The van der Waals surface area contributed by atoms with Crippen LogP contribution in [0.3, 0.4) is 0 Å². The molecule has 0 aliphatic rings. The Hall–Kier alpha value is -3.01. The Morgan fingerprint density at radius 1 is 1.00 bits per heavy atom. The molecule has 122 valence electrons. The summed E-state index contributed by atoms with van der Waals surface area (Å²) in [6.45, 7) is 1.71. The Balaban J connectivity index is 2.43. The third-order valence-corrected chi connectivity index (χ3v) is 3.53. The molecule has 24 heavy (non-hydrogen) atoms. The molecule has 2 aromatic rings. The van der Waals surface area contributed by atoms with Crippen molar-refractivity contribution in [3.05, 3.63) is 70.8 Å². The molecule has 2 aromatic carbocycles. The van der Waals surface area contributed by atoms with E-state index >= 15 is 0 Å². The van der Waals surface area contributed by atoms with Gasteiger partial charge in [0.2, 0.25) is 0 Å². The van der Waals surface area contributed by atoms with E-state index in [9.17, 15) is 9.59 Å². The Kier molecular flexibility index (Phi) is 5.79. The van der Waals surface area contributed by atoms with Crippen LogP contribution in [0.15, 0.2) is 48.5 Å². The van der Waals surface area contributed by atoms with Crippen LogP contribution in [0, 0.1) is 5.41 Å². The highest BCUT2D eigenvalue weighted by Gasteiger charge is 2.14. The van der Waals surface area contributed by atoms with E-state index in [0.717, 1.165) is 11.1 Å². The first-order chi connectivity index (χ1) is 11.5. The summed E-state index contributed by atoms with van der Waals surface area (Å²) in [6.07, 6.45) is 4.00. The molecule has 0 unspecified atom stereocenters. The van der Waals surface area contributed by atoms with E-state index in [2.05, 4.69) is 0 Å². The molecule has 0 aromatic heterocycles.